The lowest BCUT2D eigenvalue weighted by atomic mass is 9.97. The summed E-state index contributed by atoms with van der Waals surface area (Å²) in [5.74, 6) is 0. The van der Waals surface area contributed by atoms with E-state index >= 15 is 0 Å². The van der Waals surface area contributed by atoms with Crippen molar-refractivity contribution in [3.05, 3.63) is 108 Å². The number of benzene rings is 3. The Bertz CT molecular complexity index is 2070. The average molecular weight is 447 g/mol. The Morgan fingerprint density at radius 2 is 1.40 bits per heavy atom. The highest BCUT2D eigenvalue weighted by Crippen LogP contribution is 2.46. The first-order valence-corrected chi connectivity index (χ1v) is 12.0. The minimum atomic E-state index is 0.892. The van der Waals surface area contributed by atoms with Gasteiger partial charge >= 0.3 is 0 Å². The van der Waals surface area contributed by atoms with E-state index in [-0.39, 0.29) is 0 Å². The van der Waals surface area contributed by atoms with Crippen molar-refractivity contribution in [3.8, 4) is 22.3 Å². The number of rotatable bonds is 0. The minimum absolute atomic E-state index is 0.892. The smallest absolute Gasteiger partial charge is 0.147 e. The van der Waals surface area contributed by atoms with Crippen LogP contribution in [0.25, 0.3) is 60.7 Å². The fourth-order valence-electron chi connectivity index (χ4n) is 6.39. The summed E-state index contributed by atoms with van der Waals surface area (Å²) in [6.07, 6.45) is 7.51. The molecule has 0 unspecified atom stereocenters. The highest BCUT2D eigenvalue weighted by Gasteiger charge is 2.26. The second-order valence-electron chi connectivity index (χ2n) is 9.74. The first-order valence-electron chi connectivity index (χ1n) is 12.0. The van der Waals surface area contributed by atoms with Crippen LogP contribution in [0.5, 0.6) is 0 Å². The van der Waals surface area contributed by atoms with E-state index in [9.17, 15) is 0 Å². The zero-order valence-corrected chi connectivity index (χ0v) is 18.8. The van der Waals surface area contributed by atoms with Crippen LogP contribution in [0, 0.1) is 0 Å². The largest absolute Gasteiger partial charge is 0.276 e. The van der Waals surface area contributed by atoms with Crippen LogP contribution in [0.1, 0.15) is 22.3 Å². The van der Waals surface area contributed by atoms with Gasteiger partial charge in [0, 0.05) is 23.2 Å². The SMILES string of the molecule is c1ccc2c(c1)Cc1cc3c(cc1-2)Cc1cc2c4cccnc4n4c5ccncc5nc4c2cc1-3. The molecule has 0 bridgehead atoms. The minimum Gasteiger partial charge on any atom is -0.276 e. The zero-order valence-electron chi connectivity index (χ0n) is 18.8. The van der Waals surface area contributed by atoms with Crippen LogP contribution in [0.2, 0.25) is 0 Å². The molecule has 4 aromatic heterocycles. The molecule has 2 aliphatic carbocycles. The first kappa shape index (κ1) is 17.8. The van der Waals surface area contributed by atoms with Gasteiger partial charge in [0.2, 0.25) is 0 Å². The van der Waals surface area contributed by atoms with Gasteiger partial charge in [-0.25, -0.2) is 9.97 Å². The van der Waals surface area contributed by atoms with Crippen molar-refractivity contribution >= 4 is 38.5 Å². The molecule has 4 heterocycles. The van der Waals surface area contributed by atoms with Gasteiger partial charge in [-0.2, -0.15) is 0 Å². The van der Waals surface area contributed by atoms with Gasteiger partial charge in [-0.1, -0.05) is 24.3 Å². The molecular formula is C31H18N4. The molecule has 0 radical (unpaired) electrons. The van der Waals surface area contributed by atoms with Gasteiger partial charge in [0.15, 0.2) is 0 Å². The second-order valence-corrected chi connectivity index (χ2v) is 9.74. The van der Waals surface area contributed by atoms with E-state index in [1.165, 1.54) is 49.9 Å². The Morgan fingerprint density at radius 1 is 0.600 bits per heavy atom. The fraction of sp³-hybridized carbons (Fsp3) is 0.0645. The van der Waals surface area contributed by atoms with Crippen LogP contribution in [-0.4, -0.2) is 19.4 Å². The van der Waals surface area contributed by atoms with Crippen LogP contribution >= 0.6 is 0 Å². The lowest BCUT2D eigenvalue weighted by Crippen LogP contribution is -1.95. The maximum atomic E-state index is 5.02. The van der Waals surface area contributed by atoms with E-state index in [2.05, 4.69) is 64.0 Å². The van der Waals surface area contributed by atoms with Gasteiger partial charge in [0.25, 0.3) is 0 Å². The Hall–Kier alpha value is -4.57. The van der Waals surface area contributed by atoms with Gasteiger partial charge in [0.05, 0.1) is 11.7 Å². The molecule has 3 aromatic carbocycles. The second kappa shape index (κ2) is 6.10. The summed E-state index contributed by atoms with van der Waals surface area (Å²) in [5, 5.41) is 3.53. The molecule has 0 N–H and O–H groups in total. The number of fused-ring (bicyclic) bond motifs is 14. The van der Waals surface area contributed by atoms with Crippen molar-refractivity contribution in [2.24, 2.45) is 0 Å². The molecule has 4 nitrogen and oxygen atoms in total. The molecule has 0 atom stereocenters. The standard InChI is InChI=1S/C31H18N4/c1-2-5-21-17(4-1)10-18-13-24-19(12-23(18)21)11-20-14-26-22-6-3-8-33-30(22)35-29-7-9-32-16-28(29)34-31(35)27(26)15-25(20)24/h1-9,12-16H,10-11H2. The number of aromatic nitrogens is 4. The normalized spacial score (nSPS) is 13.5. The van der Waals surface area contributed by atoms with Gasteiger partial charge < -0.3 is 0 Å². The molecule has 4 heteroatoms. The van der Waals surface area contributed by atoms with E-state index in [1.807, 2.05) is 30.7 Å². The van der Waals surface area contributed by atoms with Gasteiger partial charge in [-0.15, -0.1) is 0 Å². The van der Waals surface area contributed by atoms with Crippen molar-refractivity contribution in [2.45, 2.75) is 12.8 Å². The van der Waals surface area contributed by atoms with Crippen molar-refractivity contribution in [1.82, 2.24) is 19.4 Å². The highest BCUT2D eigenvalue weighted by atomic mass is 15.1. The lowest BCUT2D eigenvalue weighted by molar-refractivity contribution is 1.23. The molecule has 0 fully saturated rings. The zero-order chi connectivity index (χ0) is 22.7. The number of nitrogens with zero attached hydrogens (tertiary/aromatic N) is 4. The van der Waals surface area contributed by atoms with Crippen LogP contribution < -0.4 is 0 Å². The first-order chi connectivity index (χ1) is 17.3. The van der Waals surface area contributed by atoms with Crippen molar-refractivity contribution < 1.29 is 0 Å². The Labute approximate surface area is 200 Å². The third-order valence-corrected chi connectivity index (χ3v) is 7.92. The average Bonchev–Trinajstić information content (AvgIpc) is 3.57. The van der Waals surface area contributed by atoms with E-state index < -0.39 is 0 Å². The van der Waals surface area contributed by atoms with Crippen molar-refractivity contribution in [3.63, 3.8) is 0 Å². The molecule has 9 rings (SSSR count). The topological polar surface area (TPSA) is 43.1 Å². The summed E-state index contributed by atoms with van der Waals surface area (Å²) in [4.78, 5) is 14.1. The molecule has 0 aliphatic heterocycles. The molecule has 2 aliphatic rings. The summed E-state index contributed by atoms with van der Waals surface area (Å²) >= 11 is 0. The molecule has 0 saturated carbocycles. The number of imidazole rings is 1. The molecule has 162 valence electrons. The lowest BCUT2D eigenvalue weighted by Gasteiger charge is -2.11. The van der Waals surface area contributed by atoms with E-state index in [1.54, 1.807) is 0 Å². The van der Waals surface area contributed by atoms with Crippen molar-refractivity contribution in [1.29, 1.82) is 0 Å². The highest BCUT2D eigenvalue weighted by molar-refractivity contribution is 6.14. The fourth-order valence-corrected chi connectivity index (χ4v) is 6.39. The molecule has 0 amide bonds. The third-order valence-electron chi connectivity index (χ3n) is 7.92. The molecule has 35 heavy (non-hydrogen) atoms. The van der Waals surface area contributed by atoms with Gasteiger partial charge in [-0.3, -0.25) is 9.38 Å². The monoisotopic (exact) mass is 446 g/mol. The predicted octanol–water partition coefficient (Wildman–Crippen LogP) is 6.73. The van der Waals surface area contributed by atoms with Gasteiger partial charge in [-0.05, 0) is 105 Å². The third kappa shape index (κ3) is 2.20. The Balaban J connectivity index is 1.37. The summed E-state index contributed by atoms with van der Waals surface area (Å²) in [7, 11) is 0. The summed E-state index contributed by atoms with van der Waals surface area (Å²) in [6, 6.07) is 24.7. The molecular weight excluding hydrogens is 428 g/mol. The number of pyridine rings is 3. The van der Waals surface area contributed by atoms with E-state index in [4.69, 9.17) is 9.97 Å². The summed E-state index contributed by atoms with van der Waals surface area (Å²) in [5.41, 5.74) is 15.0. The van der Waals surface area contributed by atoms with Crippen LogP contribution in [-0.2, 0) is 12.8 Å². The molecule has 7 aromatic rings. The van der Waals surface area contributed by atoms with E-state index in [0.29, 0.717) is 0 Å². The molecule has 0 spiro atoms. The van der Waals surface area contributed by atoms with E-state index in [0.717, 1.165) is 45.9 Å². The quantitative estimate of drug-likeness (QED) is 0.243. The van der Waals surface area contributed by atoms with Crippen LogP contribution in [0.3, 0.4) is 0 Å². The van der Waals surface area contributed by atoms with Crippen LogP contribution in [0.4, 0.5) is 0 Å². The maximum absolute atomic E-state index is 5.02. The summed E-state index contributed by atoms with van der Waals surface area (Å²) < 4.78 is 2.19. The van der Waals surface area contributed by atoms with Gasteiger partial charge in [0.1, 0.15) is 16.8 Å². The number of hydrogen-bond acceptors (Lipinski definition) is 3. The van der Waals surface area contributed by atoms with Crippen molar-refractivity contribution in [2.75, 3.05) is 0 Å². The predicted molar refractivity (Wildman–Crippen MR) is 140 cm³/mol. The Morgan fingerprint density at radius 3 is 2.34 bits per heavy atom. The molecule has 0 saturated heterocycles. The summed E-state index contributed by atoms with van der Waals surface area (Å²) in [6.45, 7) is 0. The maximum Gasteiger partial charge on any atom is 0.147 e. The Kier molecular flexibility index (Phi) is 3.11. The van der Waals surface area contributed by atoms with Crippen LogP contribution in [0.15, 0.2) is 85.3 Å². The number of hydrogen-bond donors (Lipinski definition) is 0.